The van der Waals surface area contributed by atoms with Crippen molar-refractivity contribution in [2.75, 3.05) is 6.54 Å². The molecule has 308 valence electrons. The molecule has 0 saturated carbocycles. The van der Waals surface area contributed by atoms with E-state index < -0.39 is 61.6 Å². The molecule has 52 heavy (non-hydrogen) atoms. The van der Waals surface area contributed by atoms with Gasteiger partial charge in [0.2, 0.25) is 0 Å². The summed E-state index contributed by atoms with van der Waals surface area (Å²) in [5, 5.41) is 8.06. The van der Waals surface area contributed by atoms with Crippen LogP contribution in [0, 0.1) is 35.5 Å². The largest absolute Gasteiger partial charge is 0.483 e. The summed E-state index contributed by atoms with van der Waals surface area (Å²) in [7, 11) is -29.1. The van der Waals surface area contributed by atoms with Gasteiger partial charge in [0, 0.05) is 76.6 Å². The van der Waals surface area contributed by atoms with E-state index in [4.69, 9.17) is 42.1 Å². The first kappa shape index (κ1) is 51.7. The number of aliphatic hydroxyl groups excluding tert-OH is 1. The Hall–Kier alpha value is 1.67. The Morgan fingerprint density at radius 1 is 0.404 bits per heavy atom. The fourth-order valence-electron chi connectivity index (χ4n) is 6.65. The van der Waals surface area contributed by atoms with Crippen molar-refractivity contribution in [3.05, 3.63) is 0 Å². The SMILES string of the molecule is CC(C)C[Si]1(O)O[Si]2(CC(C)C)O[Si](O)(CC(C)C)O[Si]3(CC(C)C)O[Si](O)(CC(C)C)O[Si](CC(C)C)(O1)O[Si](CCC[NH3+])(O2)O3.CC(C)O.[Ti]. The third-order valence-corrected chi connectivity index (χ3v) is 39.0. The molecule has 0 aromatic rings. The third kappa shape index (κ3) is 16.1. The van der Waals surface area contributed by atoms with Gasteiger partial charge in [-0.15, -0.1) is 0 Å². The first-order valence-electron chi connectivity index (χ1n) is 19.1. The molecule has 3 aliphatic rings. The van der Waals surface area contributed by atoms with Gasteiger partial charge in [-0.2, -0.15) is 0 Å². The molecule has 0 aliphatic carbocycles. The van der Waals surface area contributed by atoms with Gasteiger partial charge in [0.25, 0.3) is 0 Å². The van der Waals surface area contributed by atoms with Gasteiger partial charge in [0.1, 0.15) is 0 Å². The summed E-state index contributed by atoms with van der Waals surface area (Å²) in [6.07, 6.45) is 0.422. The average molecular weight is 901 g/mol. The number of hydrogen-bond acceptors (Lipinski definition) is 13. The summed E-state index contributed by atoms with van der Waals surface area (Å²) in [5.41, 5.74) is 4.10. The van der Waals surface area contributed by atoms with Gasteiger partial charge < -0.3 is 62.3 Å². The van der Waals surface area contributed by atoms with Gasteiger partial charge in [-0.05, 0) is 49.4 Å². The van der Waals surface area contributed by atoms with Crippen LogP contribution in [0.1, 0.15) is 103 Å². The van der Waals surface area contributed by atoms with Crippen LogP contribution in [0.25, 0.3) is 0 Å². The van der Waals surface area contributed by atoms with Crippen molar-refractivity contribution in [3.8, 4) is 0 Å². The molecule has 3 saturated heterocycles. The van der Waals surface area contributed by atoms with Crippen molar-refractivity contribution in [2.24, 2.45) is 35.5 Å². The maximum atomic E-state index is 12.6. The summed E-state index contributed by atoms with van der Waals surface area (Å²) in [6.45, 7) is 28.0. The van der Waals surface area contributed by atoms with Gasteiger partial charge in [0.15, 0.2) is 0 Å². The van der Waals surface area contributed by atoms with Crippen molar-refractivity contribution in [3.63, 3.8) is 0 Å². The van der Waals surface area contributed by atoms with E-state index in [1.165, 1.54) is 0 Å². The van der Waals surface area contributed by atoms with Gasteiger partial charge in [-0.25, -0.2) is 0 Å². The fourth-order valence-corrected chi connectivity index (χ4v) is 45.1. The maximum Gasteiger partial charge on any atom is 0.483 e. The van der Waals surface area contributed by atoms with Crippen LogP contribution in [0.4, 0.5) is 0 Å². The molecule has 0 radical (unpaired) electrons. The van der Waals surface area contributed by atoms with E-state index >= 15 is 0 Å². The number of quaternary nitrogens is 1. The van der Waals surface area contributed by atoms with Gasteiger partial charge in [-0.3, -0.25) is 0 Å². The van der Waals surface area contributed by atoms with Crippen LogP contribution in [-0.2, 0) is 58.8 Å². The van der Waals surface area contributed by atoms with Gasteiger partial charge in [-0.1, -0.05) is 83.1 Å². The first-order chi connectivity index (χ1) is 23.2. The minimum Gasteiger partial charge on any atom is -0.394 e. The van der Waals surface area contributed by atoms with Crippen LogP contribution < -0.4 is 5.73 Å². The van der Waals surface area contributed by atoms with Crippen LogP contribution >= 0.6 is 0 Å². The van der Waals surface area contributed by atoms with Crippen molar-refractivity contribution in [1.82, 2.24) is 0 Å². The quantitative estimate of drug-likeness (QED) is 0.143. The molecule has 3 rings (SSSR count). The Morgan fingerprint density at radius 3 is 0.788 bits per heavy atom. The summed E-state index contributed by atoms with van der Waals surface area (Å²) in [6, 6.07) is 1.66. The molecule has 14 nitrogen and oxygen atoms in total. The van der Waals surface area contributed by atoms with Crippen LogP contribution in [0.2, 0.25) is 42.3 Å². The minimum absolute atomic E-state index is 0. The molecular weight excluding hydrogens is 827 g/mol. The molecule has 4 bridgehead atoms. The predicted octanol–water partition coefficient (Wildman–Crippen LogP) is 4.68. The van der Waals surface area contributed by atoms with Crippen LogP contribution in [0.5, 0.6) is 0 Å². The molecular formula is C30H74NO13Si7Ti+. The fraction of sp³-hybridized carbons (Fsp3) is 1.00. The second-order valence-electron chi connectivity index (χ2n) is 17.4. The molecule has 0 unspecified atom stereocenters. The first-order valence-corrected chi connectivity index (χ1v) is 32.8. The van der Waals surface area contributed by atoms with E-state index in [0.717, 1.165) is 0 Å². The summed E-state index contributed by atoms with van der Waals surface area (Å²) in [4.78, 5) is 37.9. The zero-order valence-corrected chi connectivity index (χ0v) is 43.1. The second kappa shape index (κ2) is 20.6. The molecule has 0 aromatic carbocycles. The Bertz CT molecular complexity index is 943. The monoisotopic (exact) mass is 900 g/mol. The van der Waals surface area contributed by atoms with E-state index in [1.54, 1.807) is 13.8 Å². The van der Waals surface area contributed by atoms with Crippen LogP contribution in [-0.4, -0.2) is 93.8 Å². The van der Waals surface area contributed by atoms with Gasteiger partial charge >= 0.3 is 61.6 Å². The van der Waals surface area contributed by atoms with Crippen molar-refractivity contribution >= 4 is 61.6 Å². The molecule has 3 heterocycles. The normalized spacial score (nSPS) is 36.8. The molecule has 0 amide bonds. The van der Waals surface area contributed by atoms with Crippen molar-refractivity contribution in [1.29, 1.82) is 0 Å². The zero-order valence-electron chi connectivity index (χ0n) is 34.6. The van der Waals surface area contributed by atoms with Crippen LogP contribution in [0.3, 0.4) is 0 Å². The van der Waals surface area contributed by atoms with E-state index in [1.807, 2.05) is 83.1 Å². The van der Waals surface area contributed by atoms with Crippen LogP contribution in [0.15, 0.2) is 0 Å². The molecule has 0 spiro atoms. The standard InChI is InChI=1S/C27H65NO12Si7.C3H8O.Ti/c1-22(2)16-41(29)32-45(19-25(7)8)34-42(30,17-23(3)4)36-47(21-27(11)12)37-43(31,18-24(5)6)35-46(33-41,20-26(9)10)39-44(38-45,40-47)15-13-14-28;1-3(2)4;/h22-27,29-31H,13-21,28H2,1-12H3;3-4H,1-2H3;/p+1. The van der Waals surface area contributed by atoms with E-state index in [0.29, 0.717) is 19.0 Å². The average Bonchev–Trinajstić information content (AvgIpc) is 2.80. The molecule has 22 heteroatoms. The van der Waals surface area contributed by atoms with Crippen molar-refractivity contribution < 1.29 is 84.0 Å². The Balaban J connectivity index is 0.00000256. The molecule has 3 aliphatic heterocycles. The van der Waals surface area contributed by atoms with E-state index in [9.17, 15) is 14.4 Å². The van der Waals surface area contributed by atoms with Gasteiger partial charge in [0.05, 0.1) is 6.54 Å². The smallest absolute Gasteiger partial charge is 0.394 e. The van der Waals surface area contributed by atoms with Crippen molar-refractivity contribution in [2.45, 2.75) is 152 Å². The predicted molar refractivity (Wildman–Crippen MR) is 209 cm³/mol. The Kier molecular flexibility index (Phi) is 20.5. The summed E-state index contributed by atoms with van der Waals surface area (Å²) >= 11 is 0. The zero-order chi connectivity index (χ0) is 39.3. The summed E-state index contributed by atoms with van der Waals surface area (Å²) in [5.74, 6) is -0.128. The van der Waals surface area contributed by atoms with E-state index in [2.05, 4.69) is 5.73 Å². The number of aliphatic hydroxyl groups is 1. The minimum atomic E-state index is -4.28. The molecule has 3 fully saturated rings. The topological polar surface area (TPSA) is 192 Å². The second-order valence-corrected chi connectivity index (χ2v) is 37.5. The molecule has 0 atom stereocenters. The molecule has 0 aromatic heterocycles. The third-order valence-electron chi connectivity index (χ3n) is 7.53. The number of hydrogen-bond donors (Lipinski definition) is 5. The summed E-state index contributed by atoms with van der Waals surface area (Å²) < 4.78 is 63.3. The van der Waals surface area contributed by atoms with E-state index in [-0.39, 0.29) is 99.6 Å². The maximum absolute atomic E-state index is 12.6. The Morgan fingerprint density at radius 2 is 0.615 bits per heavy atom. The number of fused-ring (bicyclic) bond motifs is 3. The number of rotatable bonds is 15. The Labute approximate surface area is 337 Å². The molecule has 7 N–H and O–H groups in total.